The van der Waals surface area contributed by atoms with Gasteiger partial charge in [-0.1, -0.05) is 18.2 Å². The predicted octanol–water partition coefficient (Wildman–Crippen LogP) is 1.45. The highest BCUT2D eigenvalue weighted by molar-refractivity contribution is 5.97. The Labute approximate surface area is 100 Å². The zero-order chi connectivity index (χ0) is 13.6. The van der Waals surface area contributed by atoms with Crippen molar-refractivity contribution >= 4 is 11.9 Å². The maximum absolute atomic E-state index is 10.7. The summed E-state index contributed by atoms with van der Waals surface area (Å²) in [5, 5.41) is 16.1. The molecule has 0 radical (unpaired) electrons. The summed E-state index contributed by atoms with van der Waals surface area (Å²) in [6.45, 7) is 1.19. The molecule has 17 heavy (non-hydrogen) atoms. The third kappa shape index (κ3) is 3.61. The van der Waals surface area contributed by atoms with Gasteiger partial charge < -0.3 is 9.84 Å². The van der Waals surface area contributed by atoms with E-state index in [1.165, 1.54) is 6.92 Å². The molecule has 1 aromatic carbocycles. The number of hydrogen-bond acceptors (Lipinski definition) is 4. The van der Waals surface area contributed by atoms with Gasteiger partial charge in [0.05, 0.1) is 7.44 Å². The number of hydrogen-bond donors (Lipinski definition) is 1. The van der Waals surface area contributed by atoms with Gasteiger partial charge in [-0.05, 0) is 12.1 Å². The molecule has 5 nitrogen and oxygen atoms in total. The second-order valence-electron chi connectivity index (χ2n) is 3.05. The lowest BCUT2D eigenvalue weighted by atomic mass is 10.2. The predicted molar refractivity (Wildman–Crippen MR) is 61.6 cm³/mol. The van der Waals surface area contributed by atoms with Gasteiger partial charge in [-0.25, -0.2) is 9.79 Å². The number of carboxylic acid groups (broad SMARTS) is 1. The largest absolute Gasteiger partial charge is 0.480 e. The molecule has 0 bridgehead atoms. The van der Waals surface area contributed by atoms with E-state index in [2.05, 4.69) is 4.99 Å². The van der Waals surface area contributed by atoms with Crippen LogP contribution in [0, 0.1) is 11.3 Å². The second kappa shape index (κ2) is 6.28. The molecule has 1 N–H and O–H groups in total. The van der Waals surface area contributed by atoms with E-state index in [4.69, 9.17) is 16.5 Å². The molecule has 0 aliphatic carbocycles. The van der Waals surface area contributed by atoms with Gasteiger partial charge in [-0.2, -0.15) is 5.26 Å². The molecule has 88 valence electrons. The molecular formula is C12H12N2O3. The topological polar surface area (TPSA) is 82.7 Å². The van der Waals surface area contributed by atoms with Crippen molar-refractivity contribution in [3.63, 3.8) is 0 Å². The standard InChI is InChI=1S/C10H9NO3.C2H3N/c12-10(13)8-6-14-9(11-8)7-4-2-1-3-5-7;1-2-3/h1-5,8H,6H2,(H,12,13);1H3/t8-;/m1./s1/i8D;. The van der Waals surface area contributed by atoms with E-state index in [9.17, 15) is 4.79 Å². The molecule has 2 rings (SSSR count). The molecule has 1 aliphatic rings. The summed E-state index contributed by atoms with van der Waals surface area (Å²) in [6.07, 6.45) is 0. The van der Waals surface area contributed by atoms with Crippen LogP contribution in [0.1, 0.15) is 13.9 Å². The van der Waals surface area contributed by atoms with Crippen LogP contribution in [0.4, 0.5) is 0 Å². The molecule has 0 saturated heterocycles. The average molecular weight is 233 g/mol. The summed E-state index contributed by atoms with van der Waals surface area (Å²) >= 11 is 0. The van der Waals surface area contributed by atoms with Gasteiger partial charge in [0.2, 0.25) is 5.90 Å². The lowest BCUT2D eigenvalue weighted by Gasteiger charge is -1.98. The fourth-order valence-corrected chi connectivity index (χ4v) is 1.16. The van der Waals surface area contributed by atoms with Crippen LogP contribution in [0.3, 0.4) is 0 Å². The Hall–Kier alpha value is -2.35. The summed E-state index contributed by atoms with van der Waals surface area (Å²) in [7, 11) is 0. The molecule has 1 aliphatic heterocycles. The Morgan fingerprint density at radius 1 is 1.65 bits per heavy atom. The average Bonchev–Trinajstić information content (AvgIpc) is 2.76. The van der Waals surface area contributed by atoms with Crippen molar-refractivity contribution in [2.45, 2.75) is 12.9 Å². The molecule has 1 aromatic rings. The van der Waals surface area contributed by atoms with Crippen molar-refractivity contribution in [3.8, 4) is 6.07 Å². The number of carbonyl (C=O) groups is 1. The van der Waals surface area contributed by atoms with Gasteiger partial charge in [-0.3, -0.25) is 0 Å². The Bertz CT molecular complexity index is 496. The van der Waals surface area contributed by atoms with Crippen LogP contribution in [-0.4, -0.2) is 29.6 Å². The van der Waals surface area contributed by atoms with E-state index in [0.29, 0.717) is 5.56 Å². The minimum Gasteiger partial charge on any atom is -0.480 e. The van der Waals surface area contributed by atoms with Gasteiger partial charge in [0.1, 0.15) is 6.61 Å². The van der Waals surface area contributed by atoms with Crippen LogP contribution < -0.4 is 0 Å². The van der Waals surface area contributed by atoms with Crippen molar-refractivity contribution in [1.29, 1.82) is 5.26 Å². The number of aliphatic carboxylic acids is 1. The Morgan fingerprint density at radius 2 is 2.24 bits per heavy atom. The number of ether oxygens (including phenoxy) is 1. The SMILES string of the molecule is CC#N.[2H][C@]1(C(=O)O)COC(c2ccccc2)=N1. The van der Waals surface area contributed by atoms with Crippen LogP contribution in [0.5, 0.6) is 0 Å². The molecule has 0 spiro atoms. The summed E-state index contributed by atoms with van der Waals surface area (Å²) < 4.78 is 12.6. The van der Waals surface area contributed by atoms with Gasteiger partial charge >= 0.3 is 5.97 Å². The minimum atomic E-state index is -1.90. The van der Waals surface area contributed by atoms with E-state index >= 15 is 0 Å². The highest BCUT2D eigenvalue weighted by atomic mass is 16.5. The van der Waals surface area contributed by atoms with Crippen molar-refractivity contribution < 1.29 is 16.0 Å². The Morgan fingerprint density at radius 3 is 2.71 bits per heavy atom. The zero-order valence-electron chi connectivity index (χ0n) is 10.3. The van der Waals surface area contributed by atoms with Crippen molar-refractivity contribution in [1.82, 2.24) is 0 Å². The Kier molecular flexibility index (Phi) is 4.12. The summed E-state index contributed by atoms with van der Waals surface area (Å²) in [4.78, 5) is 14.5. The van der Waals surface area contributed by atoms with Gasteiger partial charge in [-0.15, -0.1) is 0 Å². The smallest absolute Gasteiger partial charge is 0.332 e. The number of aliphatic imine (C=N–C) groups is 1. The van der Waals surface area contributed by atoms with E-state index < -0.39 is 12.0 Å². The van der Waals surface area contributed by atoms with E-state index in [1.807, 2.05) is 6.07 Å². The maximum Gasteiger partial charge on any atom is 0.332 e. The summed E-state index contributed by atoms with van der Waals surface area (Å²) in [5.74, 6) is -1.08. The number of nitrogens with zero attached hydrogens (tertiary/aromatic N) is 2. The lowest BCUT2D eigenvalue weighted by Crippen LogP contribution is -2.18. The third-order valence-corrected chi connectivity index (χ3v) is 1.85. The minimum absolute atomic E-state index is 0.216. The molecule has 5 heteroatoms. The zero-order valence-corrected chi connectivity index (χ0v) is 9.25. The van der Waals surface area contributed by atoms with Crippen LogP contribution in [0.15, 0.2) is 35.3 Å². The van der Waals surface area contributed by atoms with Gasteiger partial charge in [0.15, 0.2) is 6.02 Å². The van der Waals surface area contributed by atoms with Crippen molar-refractivity contribution in [2.24, 2.45) is 4.99 Å². The molecule has 1 heterocycles. The molecule has 1 atom stereocenters. The maximum atomic E-state index is 10.7. The molecule has 0 unspecified atom stereocenters. The van der Waals surface area contributed by atoms with Crippen LogP contribution in [0.2, 0.25) is 0 Å². The normalized spacial score (nSPS) is 22.1. The van der Waals surface area contributed by atoms with Crippen LogP contribution >= 0.6 is 0 Å². The molecule has 0 aromatic heterocycles. The number of carboxylic acids is 1. The highest BCUT2D eigenvalue weighted by Crippen LogP contribution is 2.11. The van der Waals surface area contributed by atoms with E-state index in [-0.39, 0.29) is 12.5 Å². The van der Waals surface area contributed by atoms with Gasteiger partial charge in [0.25, 0.3) is 0 Å². The summed E-state index contributed by atoms with van der Waals surface area (Å²) in [6, 6.07) is 8.80. The van der Waals surface area contributed by atoms with Crippen LogP contribution in [-0.2, 0) is 9.53 Å². The molecule has 0 fully saturated rings. The number of benzene rings is 1. The molecule has 0 saturated carbocycles. The van der Waals surface area contributed by atoms with Crippen molar-refractivity contribution in [2.75, 3.05) is 6.61 Å². The fraction of sp³-hybridized carbons (Fsp3) is 0.250. The quantitative estimate of drug-likeness (QED) is 0.837. The molecular weight excluding hydrogens is 220 g/mol. The third-order valence-electron chi connectivity index (χ3n) is 1.85. The highest BCUT2D eigenvalue weighted by Gasteiger charge is 2.25. The second-order valence-corrected chi connectivity index (χ2v) is 3.05. The van der Waals surface area contributed by atoms with E-state index in [0.717, 1.165) is 0 Å². The first kappa shape index (κ1) is 11.1. The fourth-order valence-electron chi connectivity index (χ4n) is 1.16. The molecule has 0 amide bonds. The Balaban J connectivity index is 0.000000492. The number of rotatable bonds is 2. The monoisotopic (exact) mass is 233 g/mol. The lowest BCUT2D eigenvalue weighted by molar-refractivity contribution is -0.138. The summed E-state index contributed by atoms with van der Waals surface area (Å²) in [5.41, 5.74) is 0.688. The first-order valence-corrected chi connectivity index (χ1v) is 4.86. The van der Waals surface area contributed by atoms with Crippen molar-refractivity contribution in [3.05, 3.63) is 35.9 Å². The van der Waals surface area contributed by atoms with E-state index in [1.54, 1.807) is 30.3 Å². The number of nitriles is 1. The first-order valence-electron chi connectivity index (χ1n) is 5.36. The van der Waals surface area contributed by atoms with Crippen LogP contribution in [0.25, 0.3) is 0 Å². The van der Waals surface area contributed by atoms with Gasteiger partial charge in [0, 0.05) is 12.5 Å². The first-order chi connectivity index (χ1) is 8.53.